The zero-order valence-corrected chi connectivity index (χ0v) is 11.5. The van der Waals surface area contributed by atoms with Crippen molar-refractivity contribution in [2.24, 2.45) is 0 Å². The van der Waals surface area contributed by atoms with Crippen molar-refractivity contribution in [3.05, 3.63) is 22.8 Å². The van der Waals surface area contributed by atoms with Gasteiger partial charge in [-0.05, 0) is 49.1 Å². The third-order valence-electron chi connectivity index (χ3n) is 2.03. The van der Waals surface area contributed by atoms with E-state index in [0.29, 0.717) is 13.1 Å². The van der Waals surface area contributed by atoms with E-state index >= 15 is 0 Å². The number of hydrogen-bond donors (Lipinski definition) is 2. The summed E-state index contributed by atoms with van der Waals surface area (Å²) >= 11 is 3.32. The molecule has 1 heterocycles. The largest absolute Gasteiger partial charge is 0.387 e. The van der Waals surface area contributed by atoms with Crippen molar-refractivity contribution >= 4 is 21.7 Å². The van der Waals surface area contributed by atoms with Crippen LogP contribution in [0.3, 0.4) is 0 Å². The molecule has 0 amide bonds. The molecule has 1 atom stereocenters. The summed E-state index contributed by atoms with van der Waals surface area (Å²) in [5.41, 5.74) is -0.766. The van der Waals surface area contributed by atoms with E-state index in [4.69, 9.17) is 0 Å². The molecule has 1 aromatic heterocycles. The van der Waals surface area contributed by atoms with E-state index in [1.54, 1.807) is 13.1 Å². The molecule has 0 aliphatic heterocycles. The molecule has 1 aromatic rings. The molecule has 1 unspecified atom stereocenters. The standard InChI is InChI=1S/C11H18BrN3O/c1-11(16,8-15(2)3)7-14-10-5-4-9(12)6-13-10/h4-6,16H,7-8H2,1-3H3,(H,13,14). The minimum Gasteiger partial charge on any atom is -0.387 e. The molecule has 1 rings (SSSR count). The third kappa shape index (κ3) is 4.92. The van der Waals surface area contributed by atoms with Crippen molar-refractivity contribution in [3.63, 3.8) is 0 Å². The second kappa shape index (κ2) is 5.61. The minimum atomic E-state index is -0.766. The first-order valence-corrected chi connectivity index (χ1v) is 5.91. The lowest BCUT2D eigenvalue weighted by Gasteiger charge is -2.27. The van der Waals surface area contributed by atoms with Gasteiger partial charge < -0.3 is 15.3 Å². The normalized spacial score (nSPS) is 14.9. The lowest BCUT2D eigenvalue weighted by molar-refractivity contribution is 0.0459. The van der Waals surface area contributed by atoms with E-state index in [-0.39, 0.29) is 0 Å². The van der Waals surface area contributed by atoms with Crippen LogP contribution in [0.15, 0.2) is 22.8 Å². The molecule has 0 fully saturated rings. The number of halogens is 1. The summed E-state index contributed by atoms with van der Waals surface area (Å²) in [6.07, 6.45) is 1.73. The van der Waals surface area contributed by atoms with Gasteiger partial charge in [0.25, 0.3) is 0 Å². The number of nitrogens with one attached hydrogen (secondary N) is 1. The fourth-order valence-corrected chi connectivity index (χ4v) is 1.73. The molecule has 4 nitrogen and oxygen atoms in total. The van der Waals surface area contributed by atoms with Crippen LogP contribution in [0, 0.1) is 0 Å². The molecule has 0 saturated heterocycles. The molecule has 2 N–H and O–H groups in total. The Morgan fingerprint density at radius 2 is 2.19 bits per heavy atom. The van der Waals surface area contributed by atoms with Crippen LogP contribution in [0.1, 0.15) is 6.92 Å². The monoisotopic (exact) mass is 287 g/mol. The minimum absolute atomic E-state index is 0.472. The molecular weight excluding hydrogens is 270 g/mol. The molecule has 0 bridgehead atoms. The molecular formula is C11H18BrN3O. The SMILES string of the molecule is CN(C)CC(C)(O)CNc1ccc(Br)cn1. The van der Waals surface area contributed by atoms with Gasteiger partial charge in [-0.15, -0.1) is 0 Å². The number of hydrogen-bond acceptors (Lipinski definition) is 4. The average Bonchev–Trinajstić information content (AvgIpc) is 2.15. The maximum Gasteiger partial charge on any atom is 0.126 e. The van der Waals surface area contributed by atoms with Gasteiger partial charge in [-0.3, -0.25) is 0 Å². The van der Waals surface area contributed by atoms with Gasteiger partial charge in [0.2, 0.25) is 0 Å². The van der Waals surface area contributed by atoms with Crippen LogP contribution in [0.5, 0.6) is 0 Å². The summed E-state index contributed by atoms with van der Waals surface area (Å²) in [7, 11) is 3.87. The van der Waals surface area contributed by atoms with Crippen LogP contribution in [-0.2, 0) is 0 Å². The van der Waals surface area contributed by atoms with Gasteiger partial charge in [0.1, 0.15) is 5.82 Å². The Labute approximate surface area is 105 Å². The number of pyridine rings is 1. The van der Waals surface area contributed by atoms with E-state index < -0.39 is 5.60 Å². The van der Waals surface area contributed by atoms with Gasteiger partial charge in [0, 0.05) is 23.8 Å². The Hall–Kier alpha value is -0.650. The van der Waals surface area contributed by atoms with Crippen LogP contribution in [-0.4, -0.2) is 47.8 Å². The highest BCUT2D eigenvalue weighted by Gasteiger charge is 2.20. The highest BCUT2D eigenvalue weighted by molar-refractivity contribution is 9.10. The van der Waals surface area contributed by atoms with Gasteiger partial charge in [-0.1, -0.05) is 0 Å². The van der Waals surface area contributed by atoms with Crippen molar-refractivity contribution in [1.29, 1.82) is 0 Å². The maximum absolute atomic E-state index is 10.1. The predicted molar refractivity (Wildman–Crippen MR) is 69.6 cm³/mol. The second-order valence-electron chi connectivity index (χ2n) is 4.45. The summed E-state index contributed by atoms with van der Waals surface area (Å²) in [5, 5.41) is 13.2. The average molecular weight is 288 g/mol. The highest BCUT2D eigenvalue weighted by atomic mass is 79.9. The fraction of sp³-hybridized carbons (Fsp3) is 0.545. The van der Waals surface area contributed by atoms with E-state index in [2.05, 4.69) is 26.2 Å². The first-order chi connectivity index (χ1) is 7.39. The van der Waals surface area contributed by atoms with Gasteiger partial charge >= 0.3 is 0 Å². The van der Waals surface area contributed by atoms with Crippen LogP contribution in [0.2, 0.25) is 0 Å². The fourth-order valence-electron chi connectivity index (χ4n) is 1.50. The Bertz CT molecular complexity index is 325. The van der Waals surface area contributed by atoms with Crippen molar-refractivity contribution in [3.8, 4) is 0 Å². The van der Waals surface area contributed by atoms with Crippen LogP contribution in [0.25, 0.3) is 0 Å². The third-order valence-corrected chi connectivity index (χ3v) is 2.50. The Balaban J connectivity index is 2.47. The lowest BCUT2D eigenvalue weighted by atomic mass is 10.1. The maximum atomic E-state index is 10.1. The van der Waals surface area contributed by atoms with E-state index in [9.17, 15) is 5.11 Å². The Morgan fingerprint density at radius 3 is 2.69 bits per heavy atom. The highest BCUT2D eigenvalue weighted by Crippen LogP contribution is 2.12. The van der Waals surface area contributed by atoms with Crippen LogP contribution in [0.4, 0.5) is 5.82 Å². The summed E-state index contributed by atoms with van der Waals surface area (Å²) in [5.74, 6) is 0.766. The zero-order chi connectivity index (χ0) is 12.2. The van der Waals surface area contributed by atoms with Gasteiger partial charge in [0.05, 0.1) is 5.60 Å². The lowest BCUT2D eigenvalue weighted by Crippen LogP contribution is -2.43. The molecule has 16 heavy (non-hydrogen) atoms. The summed E-state index contributed by atoms with van der Waals surface area (Å²) in [6, 6.07) is 3.78. The summed E-state index contributed by atoms with van der Waals surface area (Å²) in [6.45, 7) is 2.88. The number of aliphatic hydroxyl groups is 1. The molecule has 0 spiro atoms. The van der Waals surface area contributed by atoms with E-state index in [1.807, 2.05) is 31.1 Å². The van der Waals surface area contributed by atoms with Crippen molar-refractivity contribution in [1.82, 2.24) is 9.88 Å². The number of likely N-dealkylation sites (N-methyl/N-ethyl adjacent to an activating group) is 1. The van der Waals surface area contributed by atoms with Gasteiger partial charge in [-0.2, -0.15) is 0 Å². The number of nitrogens with zero attached hydrogens (tertiary/aromatic N) is 2. The Kier molecular flexibility index (Phi) is 4.70. The van der Waals surface area contributed by atoms with E-state index in [1.165, 1.54) is 0 Å². The number of rotatable bonds is 5. The van der Waals surface area contributed by atoms with Gasteiger partial charge in [-0.25, -0.2) is 4.98 Å². The van der Waals surface area contributed by atoms with Crippen molar-refractivity contribution in [2.75, 3.05) is 32.5 Å². The quantitative estimate of drug-likeness (QED) is 0.863. The summed E-state index contributed by atoms with van der Waals surface area (Å²) in [4.78, 5) is 6.13. The van der Waals surface area contributed by atoms with Crippen LogP contribution >= 0.6 is 15.9 Å². The zero-order valence-electron chi connectivity index (χ0n) is 9.87. The van der Waals surface area contributed by atoms with Crippen LogP contribution < -0.4 is 5.32 Å². The molecule has 90 valence electrons. The molecule has 0 radical (unpaired) electrons. The molecule has 0 aliphatic rings. The molecule has 0 saturated carbocycles. The smallest absolute Gasteiger partial charge is 0.126 e. The van der Waals surface area contributed by atoms with Crippen molar-refractivity contribution < 1.29 is 5.11 Å². The first-order valence-electron chi connectivity index (χ1n) is 5.12. The topological polar surface area (TPSA) is 48.4 Å². The predicted octanol–water partition coefficient (Wildman–Crippen LogP) is 1.57. The van der Waals surface area contributed by atoms with Gasteiger partial charge in [0.15, 0.2) is 0 Å². The molecule has 0 aliphatic carbocycles. The molecule has 5 heteroatoms. The molecule has 0 aromatic carbocycles. The van der Waals surface area contributed by atoms with Crippen molar-refractivity contribution in [2.45, 2.75) is 12.5 Å². The number of anilines is 1. The second-order valence-corrected chi connectivity index (χ2v) is 5.37. The number of aromatic nitrogens is 1. The summed E-state index contributed by atoms with van der Waals surface area (Å²) < 4.78 is 0.943. The Morgan fingerprint density at radius 1 is 1.50 bits per heavy atom. The first kappa shape index (κ1) is 13.4. The van der Waals surface area contributed by atoms with E-state index in [0.717, 1.165) is 10.3 Å².